The fraction of sp³-hybridized carbons (Fsp3) is 0.478. The van der Waals surface area contributed by atoms with Crippen LogP contribution in [0.2, 0.25) is 36.3 Å². The lowest BCUT2D eigenvalue weighted by molar-refractivity contribution is -0.142. The molecule has 4 N–H and O–H groups in total. The average molecular weight is 877 g/mol. The molecule has 2 aliphatic rings. The van der Waals surface area contributed by atoms with Crippen molar-refractivity contribution in [2.45, 2.75) is 103 Å². The zero-order valence-electron chi connectivity index (χ0n) is 37.6. The predicted molar refractivity (Wildman–Crippen MR) is 247 cm³/mol. The van der Waals surface area contributed by atoms with Gasteiger partial charge in [0, 0.05) is 37.6 Å². The molecule has 2 aliphatic heterocycles. The zero-order valence-corrected chi connectivity index (χ0v) is 39.6. The van der Waals surface area contributed by atoms with Crippen LogP contribution in [0, 0.1) is 23.5 Å². The molecule has 2 atom stereocenters. The van der Waals surface area contributed by atoms with Crippen molar-refractivity contribution < 1.29 is 32.3 Å². The van der Waals surface area contributed by atoms with E-state index in [0.717, 1.165) is 61.6 Å². The maximum Gasteiger partial charge on any atom is 0.308 e. The van der Waals surface area contributed by atoms with Crippen molar-refractivity contribution >= 4 is 51.5 Å². The number of piperidine rings is 2. The Hall–Kier alpha value is -5.03. The highest BCUT2D eigenvalue weighted by Crippen LogP contribution is 2.38. The van der Waals surface area contributed by atoms with E-state index in [9.17, 15) is 18.4 Å². The van der Waals surface area contributed by atoms with Gasteiger partial charge < -0.3 is 34.8 Å². The smallest absolute Gasteiger partial charge is 0.308 e. The number of halogens is 2. The molecule has 61 heavy (non-hydrogen) atoms. The number of rotatable bonds is 9. The number of amides is 1. The van der Waals surface area contributed by atoms with Gasteiger partial charge in [0.05, 0.1) is 24.2 Å². The van der Waals surface area contributed by atoms with Crippen molar-refractivity contribution in [2.24, 2.45) is 11.8 Å². The van der Waals surface area contributed by atoms with E-state index in [0.29, 0.717) is 24.7 Å². The van der Waals surface area contributed by atoms with Crippen molar-refractivity contribution in [3.8, 4) is 11.5 Å². The molecule has 2 fully saturated rings. The van der Waals surface area contributed by atoms with E-state index in [1.54, 1.807) is 48.8 Å². The SMILES string of the molecule is CC(C)(C)[Si](C)(C)Oc1ccc(N)nc1.CC(C)(C)[Si](C)(C)Oc1ccc(NC(=O)C2CCCN(c3ccc(F)cc3)C2)nc1.O=C(O)C1CCCN(c2ccc(F)cc2)C1. The Balaban J connectivity index is 0.000000222. The second-order valence-electron chi connectivity index (χ2n) is 18.9. The van der Waals surface area contributed by atoms with Crippen LogP contribution in [-0.4, -0.2) is 69.8 Å². The Morgan fingerprint density at radius 2 is 1.11 bits per heavy atom. The highest BCUT2D eigenvalue weighted by atomic mass is 28.4. The highest BCUT2D eigenvalue weighted by molar-refractivity contribution is 6.75. The molecule has 1 amide bonds. The number of pyridine rings is 2. The number of nitrogens with zero attached hydrogens (tertiary/aromatic N) is 4. The third-order valence-corrected chi connectivity index (χ3v) is 20.8. The van der Waals surface area contributed by atoms with Gasteiger partial charge in [0.2, 0.25) is 5.91 Å². The van der Waals surface area contributed by atoms with Gasteiger partial charge in [-0.3, -0.25) is 9.59 Å². The predicted octanol–water partition coefficient (Wildman–Crippen LogP) is 10.6. The van der Waals surface area contributed by atoms with Crippen LogP contribution < -0.4 is 29.7 Å². The van der Waals surface area contributed by atoms with E-state index in [1.807, 2.05) is 17.0 Å². The molecular weight excluding hydrogens is 811 g/mol. The lowest BCUT2D eigenvalue weighted by Gasteiger charge is -2.36. The second kappa shape index (κ2) is 20.7. The Kier molecular flexibility index (Phi) is 16.5. The van der Waals surface area contributed by atoms with Gasteiger partial charge in [-0.1, -0.05) is 41.5 Å². The van der Waals surface area contributed by atoms with Crippen LogP contribution in [-0.2, 0) is 9.59 Å². The van der Waals surface area contributed by atoms with Crippen molar-refractivity contribution in [3.05, 3.63) is 96.8 Å². The largest absolute Gasteiger partial charge is 0.542 e. The van der Waals surface area contributed by atoms with Gasteiger partial charge in [-0.05, 0) is 135 Å². The summed E-state index contributed by atoms with van der Waals surface area (Å²) in [5.41, 5.74) is 7.36. The van der Waals surface area contributed by atoms with E-state index in [2.05, 4.69) is 87.9 Å². The molecule has 4 aromatic rings. The van der Waals surface area contributed by atoms with Crippen molar-refractivity contribution in [1.29, 1.82) is 0 Å². The van der Waals surface area contributed by atoms with Gasteiger partial charge in [-0.25, -0.2) is 18.7 Å². The minimum Gasteiger partial charge on any atom is -0.542 e. The zero-order chi connectivity index (χ0) is 45.2. The summed E-state index contributed by atoms with van der Waals surface area (Å²) in [5.74, 6) is 0.869. The molecule has 332 valence electrons. The molecule has 6 rings (SSSR count). The van der Waals surface area contributed by atoms with Crippen molar-refractivity contribution in [1.82, 2.24) is 9.97 Å². The molecule has 15 heteroatoms. The normalized spacial score (nSPS) is 17.2. The van der Waals surface area contributed by atoms with Crippen LogP contribution in [0.15, 0.2) is 85.2 Å². The third kappa shape index (κ3) is 14.5. The number of anilines is 4. The molecule has 2 aromatic carbocycles. The number of nitrogen functional groups attached to an aromatic ring is 1. The quantitative estimate of drug-likeness (QED) is 0.139. The summed E-state index contributed by atoms with van der Waals surface area (Å²) in [6, 6.07) is 19.9. The van der Waals surface area contributed by atoms with Crippen LogP contribution in [0.4, 0.5) is 31.8 Å². The van der Waals surface area contributed by atoms with E-state index in [-0.39, 0.29) is 39.5 Å². The molecule has 0 saturated carbocycles. The fourth-order valence-corrected chi connectivity index (χ4v) is 8.27. The Morgan fingerprint density at radius 3 is 1.51 bits per heavy atom. The molecule has 2 saturated heterocycles. The summed E-state index contributed by atoms with van der Waals surface area (Å²) in [5, 5.41) is 12.2. The first-order valence-electron chi connectivity index (χ1n) is 21.0. The number of carboxylic acid groups (broad SMARTS) is 1. The number of aromatic nitrogens is 2. The Morgan fingerprint density at radius 1 is 0.689 bits per heavy atom. The van der Waals surface area contributed by atoms with Crippen molar-refractivity contribution in [2.75, 3.05) is 47.0 Å². The number of hydrogen-bond donors (Lipinski definition) is 3. The van der Waals surface area contributed by atoms with Crippen LogP contribution in [0.3, 0.4) is 0 Å². The maximum atomic E-state index is 13.2. The number of nitrogens with two attached hydrogens (primary N) is 1. The maximum absolute atomic E-state index is 13.2. The van der Waals surface area contributed by atoms with E-state index >= 15 is 0 Å². The van der Waals surface area contributed by atoms with Gasteiger partial charge in [0.15, 0.2) is 0 Å². The minimum absolute atomic E-state index is 0.0348. The highest BCUT2D eigenvalue weighted by Gasteiger charge is 2.40. The number of carboxylic acids is 1. The van der Waals surface area contributed by atoms with E-state index < -0.39 is 22.6 Å². The monoisotopic (exact) mass is 876 g/mol. The lowest BCUT2D eigenvalue weighted by atomic mass is 9.96. The molecule has 0 spiro atoms. The topological polar surface area (TPSA) is 143 Å². The summed E-state index contributed by atoms with van der Waals surface area (Å²) in [4.78, 5) is 36.2. The van der Waals surface area contributed by atoms with Crippen molar-refractivity contribution in [3.63, 3.8) is 0 Å². The molecule has 2 unspecified atom stereocenters. The molecular formula is C46H66F2N6O5Si2. The number of hydrogen-bond acceptors (Lipinski definition) is 9. The number of carbonyl (C=O) groups is 2. The molecule has 0 radical (unpaired) electrons. The fourth-order valence-electron chi connectivity index (χ4n) is 6.23. The van der Waals surface area contributed by atoms with Crippen LogP contribution in [0.1, 0.15) is 67.2 Å². The van der Waals surface area contributed by atoms with Crippen LogP contribution >= 0.6 is 0 Å². The van der Waals surface area contributed by atoms with Gasteiger partial charge in [-0.15, -0.1) is 0 Å². The van der Waals surface area contributed by atoms with Gasteiger partial charge in [0.25, 0.3) is 16.6 Å². The first-order valence-corrected chi connectivity index (χ1v) is 26.9. The summed E-state index contributed by atoms with van der Waals surface area (Å²) in [6.45, 7) is 24.9. The van der Waals surface area contributed by atoms with Gasteiger partial charge in [0.1, 0.15) is 34.8 Å². The molecule has 2 aromatic heterocycles. The number of benzene rings is 2. The van der Waals surface area contributed by atoms with E-state index in [4.69, 9.17) is 19.7 Å². The van der Waals surface area contributed by atoms with Crippen LogP contribution in [0.25, 0.3) is 0 Å². The van der Waals surface area contributed by atoms with Gasteiger partial charge >= 0.3 is 5.97 Å². The molecule has 0 bridgehead atoms. The Labute approximate surface area is 363 Å². The second-order valence-corrected chi connectivity index (χ2v) is 28.3. The standard InChI is InChI=1S/C23H32FN3O2Si.C12H14FNO2.C11H20N2OSi/c1-23(2,3)30(4,5)29-20-12-13-21(25-15-20)26-22(28)17-7-6-14-27(16-17)19-10-8-18(24)9-11-19;13-10-3-5-11(6-4-10)14-7-1-2-9(8-14)12(15)16;1-11(2,3)15(4,5)14-9-6-7-10(12)13-8-9/h8-13,15,17H,6-7,14,16H2,1-5H3,(H,25,26,28);3-6,9H,1-2,7-8H2,(H,15,16);6-8H,1-5H3,(H2,12,13). The Bertz CT molecular complexity index is 2010. The number of nitrogens with one attached hydrogen (secondary N) is 1. The summed E-state index contributed by atoms with van der Waals surface area (Å²) in [7, 11) is -3.67. The van der Waals surface area contributed by atoms with Crippen LogP contribution in [0.5, 0.6) is 11.5 Å². The lowest BCUT2D eigenvalue weighted by Crippen LogP contribution is -2.43. The van der Waals surface area contributed by atoms with E-state index in [1.165, 1.54) is 24.3 Å². The molecule has 11 nitrogen and oxygen atoms in total. The number of carbonyl (C=O) groups excluding carboxylic acids is 1. The first-order chi connectivity index (χ1) is 28.4. The summed E-state index contributed by atoms with van der Waals surface area (Å²) in [6.07, 6.45) is 6.72. The molecule has 0 aliphatic carbocycles. The summed E-state index contributed by atoms with van der Waals surface area (Å²) < 4.78 is 38.2. The molecule has 4 heterocycles. The minimum atomic E-state index is -1.92. The average Bonchev–Trinajstić information content (AvgIpc) is 3.19. The van der Waals surface area contributed by atoms with Gasteiger partial charge in [-0.2, -0.15) is 0 Å². The first kappa shape index (κ1) is 48.6. The third-order valence-electron chi connectivity index (χ3n) is 12.1. The number of aliphatic carboxylic acids is 1. The summed E-state index contributed by atoms with van der Waals surface area (Å²) >= 11 is 0.